The number of nitrogens with zero attached hydrogens (tertiary/aromatic N) is 2. The minimum absolute atomic E-state index is 0.165. The van der Waals surface area contributed by atoms with Crippen molar-refractivity contribution in [2.24, 2.45) is 0 Å². The van der Waals surface area contributed by atoms with E-state index in [0.29, 0.717) is 39.5 Å². The highest BCUT2D eigenvalue weighted by molar-refractivity contribution is 14.2. The van der Waals surface area contributed by atoms with Crippen LogP contribution in [0.25, 0.3) is 0 Å². The molecule has 0 saturated heterocycles. The molecule has 7 nitrogen and oxygen atoms in total. The van der Waals surface area contributed by atoms with Gasteiger partial charge in [-0.2, -0.15) is 0 Å². The Bertz CT molecular complexity index is 219. The number of rotatable bonds is 16. The molecule has 2 N–H and O–H groups in total. The van der Waals surface area contributed by atoms with E-state index in [1.807, 2.05) is 15.5 Å². The van der Waals surface area contributed by atoms with Crippen molar-refractivity contribution in [2.45, 2.75) is 6.92 Å². The fourth-order valence-corrected chi connectivity index (χ4v) is 4.19. The van der Waals surface area contributed by atoms with Crippen LogP contribution in [-0.4, -0.2) is 98.4 Å². The van der Waals surface area contributed by atoms with E-state index in [0.717, 1.165) is 19.7 Å². The first-order valence-electron chi connectivity index (χ1n) is 7.63. The summed E-state index contributed by atoms with van der Waals surface area (Å²) in [5, 5.41) is 17.7. The van der Waals surface area contributed by atoms with Crippen molar-refractivity contribution in [3.05, 3.63) is 0 Å². The Morgan fingerprint density at radius 1 is 0.792 bits per heavy atom. The van der Waals surface area contributed by atoms with Crippen LogP contribution in [0, 0.1) is 0 Å². The number of hydrogen-bond donors (Lipinski definition) is 2. The molecule has 0 bridgehead atoms. The molecule has 0 saturated carbocycles. The smallest absolute Gasteiger partial charge is 0.0701 e. The third-order valence-electron chi connectivity index (χ3n) is 2.52. The average Bonchev–Trinajstić information content (AvgIpc) is 2.62. The molecule has 148 valence electrons. The van der Waals surface area contributed by atoms with Crippen LogP contribution in [0.4, 0.5) is 0 Å². The Morgan fingerprint density at radius 3 is 1.42 bits per heavy atom. The van der Waals surface area contributed by atoms with Crippen molar-refractivity contribution in [1.29, 1.82) is 0 Å². The molecule has 0 aromatic rings. The van der Waals surface area contributed by atoms with Gasteiger partial charge in [-0.1, -0.05) is 0 Å². The zero-order valence-electron chi connectivity index (χ0n) is 14.4. The number of aliphatic hydroxyl groups is 2. The molecule has 11 heteroatoms. The maximum Gasteiger partial charge on any atom is 0.0701 e. The van der Waals surface area contributed by atoms with E-state index in [1.54, 1.807) is 25.3 Å². The molecule has 0 rings (SSSR count). The van der Waals surface area contributed by atoms with Gasteiger partial charge in [0.1, 0.15) is 0 Å². The van der Waals surface area contributed by atoms with E-state index in [1.165, 1.54) is 0 Å². The summed E-state index contributed by atoms with van der Waals surface area (Å²) in [5.74, 6) is 0. The lowest BCUT2D eigenvalue weighted by Crippen LogP contribution is -2.24. The van der Waals surface area contributed by atoms with Gasteiger partial charge < -0.3 is 24.4 Å². The Morgan fingerprint density at radius 2 is 1.17 bits per heavy atom. The van der Waals surface area contributed by atoms with Crippen molar-refractivity contribution in [1.82, 2.24) is 8.61 Å². The molecule has 0 unspecified atom stereocenters. The van der Waals surface area contributed by atoms with E-state index in [9.17, 15) is 0 Å². The summed E-state index contributed by atoms with van der Waals surface area (Å²) >= 11 is 4.39. The van der Waals surface area contributed by atoms with Gasteiger partial charge in [0.2, 0.25) is 0 Å². The van der Waals surface area contributed by atoms with Gasteiger partial charge in [0.15, 0.2) is 0 Å². The molecule has 0 spiro atoms. The third kappa shape index (κ3) is 21.9. The predicted molar refractivity (Wildman–Crippen MR) is 120 cm³/mol. The van der Waals surface area contributed by atoms with Crippen LogP contribution in [-0.2, 0) is 14.2 Å². The van der Waals surface area contributed by atoms with Crippen LogP contribution in [0.3, 0.4) is 0 Å². The van der Waals surface area contributed by atoms with E-state index in [4.69, 9.17) is 19.7 Å². The van der Waals surface area contributed by atoms with E-state index in [2.05, 4.69) is 47.1 Å². The second-order valence-corrected chi connectivity index (χ2v) is 7.92. The van der Waals surface area contributed by atoms with Crippen molar-refractivity contribution < 1.29 is 24.4 Å². The number of ether oxygens (including phenoxy) is 3. The van der Waals surface area contributed by atoms with Gasteiger partial charge in [-0.25, -0.2) is 8.61 Å². The molecule has 0 fully saturated rings. The first-order valence-corrected chi connectivity index (χ1v) is 14.3. The fraction of sp³-hybridized carbons (Fsp3) is 1.00. The summed E-state index contributed by atoms with van der Waals surface area (Å²) in [7, 11) is 4.84. The SMILES string of the molecule is CCOC.OCCN(CCOCCOCCN(CCO)SI)SI. The van der Waals surface area contributed by atoms with Gasteiger partial charge in [-0.3, -0.25) is 0 Å². The summed E-state index contributed by atoms with van der Waals surface area (Å²) in [6.45, 7) is 8.44. The van der Waals surface area contributed by atoms with Crippen molar-refractivity contribution in [3.63, 3.8) is 0 Å². The Kier molecular flexibility index (Phi) is 29.1. The highest BCUT2D eigenvalue weighted by atomic mass is 127. The normalized spacial score (nSPS) is 11.0. The van der Waals surface area contributed by atoms with Gasteiger partial charge in [0.05, 0.1) is 39.6 Å². The molecule has 0 radical (unpaired) electrons. The molecule has 0 aliphatic carbocycles. The maximum absolute atomic E-state index is 8.83. The van der Waals surface area contributed by atoms with Crippen molar-refractivity contribution >= 4 is 60.6 Å². The van der Waals surface area contributed by atoms with Gasteiger partial charge >= 0.3 is 0 Å². The third-order valence-corrected chi connectivity index (χ3v) is 6.99. The van der Waals surface area contributed by atoms with Crippen LogP contribution < -0.4 is 0 Å². The van der Waals surface area contributed by atoms with Crippen LogP contribution in [0.5, 0.6) is 0 Å². The highest BCUT2D eigenvalue weighted by Gasteiger charge is 2.04. The number of methoxy groups -OCH3 is 1. The molecule has 0 amide bonds. The number of hydrogen-bond acceptors (Lipinski definition) is 9. The molecule has 0 aliphatic rings. The van der Waals surface area contributed by atoms with E-state index >= 15 is 0 Å². The Balaban J connectivity index is 0. The van der Waals surface area contributed by atoms with Gasteiger partial charge in [0.25, 0.3) is 0 Å². The number of aliphatic hydroxyl groups excluding tert-OH is 2. The van der Waals surface area contributed by atoms with Crippen molar-refractivity contribution in [3.8, 4) is 0 Å². The lowest BCUT2D eigenvalue weighted by molar-refractivity contribution is 0.0415. The average molecular weight is 612 g/mol. The predicted octanol–water partition coefficient (Wildman–Crippen LogP) is 2.26. The standard InChI is InChI=1S/C10H22I2N2O4S2.C3H8O/c11-19-13(1-5-15)3-7-17-9-10-18-8-4-14(20-12)2-6-16;1-3-4-2/h15-16H,1-10H2;3H2,1-2H3. The lowest BCUT2D eigenvalue weighted by Gasteiger charge is -2.17. The second kappa shape index (κ2) is 24.9. The van der Waals surface area contributed by atoms with Crippen LogP contribution in [0.1, 0.15) is 6.92 Å². The molecule has 0 aromatic carbocycles. The summed E-state index contributed by atoms with van der Waals surface area (Å²) < 4.78 is 19.6. The zero-order chi connectivity index (χ0) is 18.5. The minimum atomic E-state index is 0.165. The molecule has 0 heterocycles. The second-order valence-electron chi connectivity index (χ2n) is 4.25. The number of halogens is 2. The molecule has 0 aromatic heterocycles. The molecular weight excluding hydrogens is 582 g/mol. The maximum atomic E-state index is 8.83. The largest absolute Gasteiger partial charge is 0.395 e. The lowest BCUT2D eigenvalue weighted by atomic mass is 10.6. The van der Waals surface area contributed by atoms with Crippen LogP contribution in [0.15, 0.2) is 0 Å². The van der Waals surface area contributed by atoms with Crippen LogP contribution in [0.2, 0.25) is 0 Å². The fourth-order valence-electron chi connectivity index (χ4n) is 1.24. The molecule has 0 atom stereocenters. The van der Waals surface area contributed by atoms with E-state index < -0.39 is 0 Å². The summed E-state index contributed by atoms with van der Waals surface area (Å²) in [4.78, 5) is 0. The monoisotopic (exact) mass is 612 g/mol. The Hall–Kier alpha value is 1.88. The first-order chi connectivity index (χ1) is 11.7. The zero-order valence-corrected chi connectivity index (χ0v) is 20.3. The quantitative estimate of drug-likeness (QED) is 0.155. The van der Waals surface area contributed by atoms with Gasteiger partial charge in [0, 0.05) is 82.3 Å². The van der Waals surface area contributed by atoms with Gasteiger partial charge in [-0.05, 0) is 25.2 Å². The van der Waals surface area contributed by atoms with Gasteiger partial charge in [-0.15, -0.1) is 0 Å². The Labute approximate surface area is 179 Å². The first kappa shape index (κ1) is 28.1. The highest BCUT2D eigenvalue weighted by Crippen LogP contribution is 2.17. The summed E-state index contributed by atoms with van der Waals surface area (Å²) in [6, 6.07) is 0. The van der Waals surface area contributed by atoms with Crippen molar-refractivity contribution in [2.75, 3.05) is 79.5 Å². The summed E-state index contributed by atoms with van der Waals surface area (Å²) in [5.41, 5.74) is 0. The minimum Gasteiger partial charge on any atom is -0.395 e. The van der Waals surface area contributed by atoms with Crippen LogP contribution >= 0.6 is 60.6 Å². The summed E-state index contributed by atoms with van der Waals surface area (Å²) in [6.07, 6.45) is 0. The molecule has 0 aliphatic heterocycles. The molecule has 24 heavy (non-hydrogen) atoms. The van der Waals surface area contributed by atoms with E-state index in [-0.39, 0.29) is 13.2 Å². The topological polar surface area (TPSA) is 74.6 Å². The molecular formula is C13H30I2N2O5S2.